The van der Waals surface area contributed by atoms with Crippen molar-refractivity contribution in [2.75, 3.05) is 0 Å². The van der Waals surface area contributed by atoms with E-state index in [1.54, 1.807) is 0 Å². The number of allylic oxidation sites excluding steroid dienone is 2. The predicted molar refractivity (Wildman–Crippen MR) is 205 cm³/mol. The van der Waals surface area contributed by atoms with Gasteiger partial charge in [-0.05, 0) is 75.0 Å². The fourth-order valence-corrected chi connectivity index (χ4v) is 6.12. The molecule has 3 nitrogen and oxygen atoms in total. The van der Waals surface area contributed by atoms with Crippen LogP contribution in [0.2, 0.25) is 0 Å². The molecule has 0 bridgehead atoms. The zero-order valence-electron chi connectivity index (χ0n) is 30.6. The Kier molecular flexibility index (Phi) is 36.3. The van der Waals surface area contributed by atoms with E-state index < -0.39 is 11.9 Å². The van der Waals surface area contributed by atoms with Crippen molar-refractivity contribution in [3.05, 3.63) is 23.3 Å². The monoisotopic (exact) mass is 687 g/mol. The summed E-state index contributed by atoms with van der Waals surface area (Å²) in [5.41, 5.74) is 1.98. The van der Waals surface area contributed by atoms with Crippen LogP contribution in [0.4, 0.5) is 0 Å². The quantitative estimate of drug-likeness (QED) is 0.0394. The van der Waals surface area contributed by atoms with Gasteiger partial charge in [-0.2, -0.15) is 0 Å². The Hall–Kier alpha value is 1.14. The SMILES string of the molecule is C/C(=C\C(=O)OC(=O)/C=C(\C)CCC[C@H](C)CCC[C@H](C)CCCC(C)C)CCC[C@H](C)CCC[C@H](C)CCCC(C)C.[CaH2].[CaH2]. The molecule has 45 heavy (non-hydrogen) atoms. The maximum absolute atomic E-state index is 12.3. The van der Waals surface area contributed by atoms with Crippen LogP contribution in [0.1, 0.15) is 185 Å². The molecule has 4 atom stereocenters. The van der Waals surface area contributed by atoms with Gasteiger partial charge in [-0.15, -0.1) is 0 Å². The number of hydrogen-bond acceptors (Lipinski definition) is 3. The fourth-order valence-electron chi connectivity index (χ4n) is 6.12. The molecule has 0 aliphatic carbocycles. The Morgan fingerprint density at radius 2 is 0.689 bits per heavy atom. The molecule has 0 radical (unpaired) electrons. The Balaban J connectivity index is -0.00000882. The van der Waals surface area contributed by atoms with Crippen LogP contribution in [-0.4, -0.2) is 87.4 Å². The first-order chi connectivity index (χ1) is 20.3. The summed E-state index contributed by atoms with van der Waals surface area (Å²) in [6, 6.07) is 0. The second kappa shape index (κ2) is 32.4. The number of ether oxygens (including phenoxy) is 1. The van der Waals surface area contributed by atoms with Gasteiger partial charge in [-0.25, -0.2) is 9.59 Å². The second-order valence-corrected chi connectivity index (χ2v) is 15.4. The molecule has 0 saturated heterocycles. The van der Waals surface area contributed by atoms with Crippen LogP contribution in [0.25, 0.3) is 0 Å². The van der Waals surface area contributed by atoms with Gasteiger partial charge in [0.05, 0.1) is 0 Å². The Morgan fingerprint density at radius 3 is 0.956 bits per heavy atom. The third-order valence-electron chi connectivity index (χ3n) is 9.21. The van der Waals surface area contributed by atoms with Gasteiger partial charge in [0.1, 0.15) is 0 Å². The van der Waals surface area contributed by atoms with Crippen molar-refractivity contribution in [1.29, 1.82) is 0 Å². The molecule has 0 unspecified atom stereocenters. The molecule has 0 saturated carbocycles. The molecule has 0 fully saturated rings. The van der Waals surface area contributed by atoms with Crippen LogP contribution < -0.4 is 0 Å². The van der Waals surface area contributed by atoms with E-state index in [1.165, 1.54) is 102 Å². The molecular formula is C40H78Ca2O3. The molecule has 260 valence electrons. The average Bonchev–Trinajstić information content (AvgIpc) is 2.87. The van der Waals surface area contributed by atoms with E-state index in [4.69, 9.17) is 4.74 Å². The molecular weight excluding hydrogens is 609 g/mol. The van der Waals surface area contributed by atoms with Crippen molar-refractivity contribution in [3.63, 3.8) is 0 Å². The zero-order valence-corrected chi connectivity index (χ0v) is 30.6. The summed E-state index contributed by atoms with van der Waals surface area (Å²) in [6.07, 6.45) is 25.3. The third kappa shape index (κ3) is 34.8. The van der Waals surface area contributed by atoms with Crippen LogP contribution in [-0.2, 0) is 14.3 Å². The zero-order chi connectivity index (χ0) is 32.6. The van der Waals surface area contributed by atoms with Gasteiger partial charge in [-0.3, -0.25) is 0 Å². The third-order valence-corrected chi connectivity index (χ3v) is 9.21. The first-order valence-corrected chi connectivity index (χ1v) is 18.4. The van der Waals surface area contributed by atoms with E-state index in [0.29, 0.717) is 11.8 Å². The van der Waals surface area contributed by atoms with Gasteiger partial charge in [0.2, 0.25) is 0 Å². The number of carbonyl (C=O) groups is 2. The van der Waals surface area contributed by atoms with E-state index >= 15 is 0 Å². The van der Waals surface area contributed by atoms with Crippen molar-refractivity contribution in [2.24, 2.45) is 35.5 Å². The molecule has 0 spiro atoms. The van der Waals surface area contributed by atoms with Gasteiger partial charge in [0, 0.05) is 12.2 Å². The number of esters is 2. The standard InChI is InChI=1S/C40H74O3.2Ca.4H/c1-31(2)17-11-19-33(5)21-13-23-35(7)25-15-27-37(9)29-39(41)43-40(42)30-38(10)28-16-26-36(8)24-14-22-34(6)20-12-18-32(3)4;;;;;;/h29-36H,11-28H2,1-10H3;;;;;;/b37-29+,38-30+;;;;;;/t33-,34-,35-,36-;;;;;;/m1....../s1. The Morgan fingerprint density at radius 1 is 0.444 bits per heavy atom. The number of hydrogen-bond donors (Lipinski definition) is 0. The summed E-state index contributed by atoms with van der Waals surface area (Å²) in [5, 5.41) is 0. The van der Waals surface area contributed by atoms with Crippen LogP contribution in [0.3, 0.4) is 0 Å². The van der Waals surface area contributed by atoms with Crippen LogP contribution in [0, 0.1) is 35.5 Å². The van der Waals surface area contributed by atoms with Crippen molar-refractivity contribution in [2.45, 2.75) is 185 Å². The minimum absolute atomic E-state index is 0. The first-order valence-electron chi connectivity index (χ1n) is 18.4. The maximum atomic E-state index is 12.3. The average molecular weight is 687 g/mol. The molecule has 0 rings (SSSR count). The van der Waals surface area contributed by atoms with Gasteiger partial charge in [-0.1, -0.05) is 156 Å². The molecule has 0 aromatic rings. The number of rotatable bonds is 26. The van der Waals surface area contributed by atoms with E-state index in [9.17, 15) is 9.59 Å². The molecule has 0 heterocycles. The van der Waals surface area contributed by atoms with Gasteiger partial charge >= 0.3 is 87.4 Å². The van der Waals surface area contributed by atoms with Gasteiger partial charge in [0.25, 0.3) is 0 Å². The van der Waals surface area contributed by atoms with Crippen molar-refractivity contribution >= 4 is 87.4 Å². The normalized spacial score (nSPS) is 14.8. The van der Waals surface area contributed by atoms with Crippen LogP contribution >= 0.6 is 0 Å². The molecule has 0 aliphatic rings. The second-order valence-electron chi connectivity index (χ2n) is 15.4. The number of carbonyl (C=O) groups excluding carboxylic acids is 2. The van der Waals surface area contributed by atoms with Crippen molar-refractivity contribution in [3.8, 4) is 0 Å². The predicted octanol–water partition coefficient (Wildman–Crippen LogP) is 11.0. The summed E-state index contributed by atoms with van der Waals surface area (Å²) in [5.74, 6) is 3.66. The molecule has 0 aromatic carbocycles. The Bertz CT molecular complexity index is 722. The molecule has 0 N–H and O–H groups in total. The summed E-state index contributed by atoms with van der Waals surface area (Å²) in [6.45, 7) is 22.7. The van der Waals surface area contributed by atoms with E-state index in [1.807, 2.05) is 13.8 Å². The van der Waals surface area contributed by atoms with Crippen molar-refractivity contribution < 1.29 is 14.3 Å². The molecule has 0 amide bonds. The topological polar surface area (TPSA) is 43.4 Å². The summed E-state index contributed by atoms with van der Waals surface area (Å²) >= 11 is 0. The van der Waals surface area contributed by atoms with E-state index in [0.717, 1.165) is 60.5 Å². The summed E-state index contributed by atoms with van der Waals surface area (Å²) in [4.78, 5) is 24.5. The molecule has 0 aromatic heterocycles. The first kappa shape index (κ1) is 50.5. The fraction of sp³-hybridized carbons (Fsp3) is 0.850. The van der Waals surface area contributed by atoms with Crippen LogP contribution in [0.5, 0.6) is 0 Å². The molecule has 0 aliphatic heterocycles. The minimum atomic E-state index is -0.543. The van der Waals surface area contributed by atoms with Crippen molar-refractivity contribution in [1.82, 2.24) is 0 Å². The van der Waals surface area contributed by atoms with Gasteiger partial charge in [0.15, 0.2) is 0 Å². The van der Waals surface area contributed by atoms with E-state index in [-0.39, 0.29) is 75.5 Å². The summed E-state index contributed by atoms with van der Waals surface area (Å²) in [7, 11) is 0. The van der Waals surface area contributed by atoms with Crippen LogP contribution in [0.15, 0.2) is 23.3 Å². The summed E-state index contributed by atoms with van der Waals surface area (Å²) < 4.78 is 5.05. The van der Waals surface area contributed by atoms with Gasteiger partial charge < -0.3 is 4.74 Å². The Labute approximate surface area is 341 Å². The molecule has 5 heteroatoms. The van der Waals surface area contributed by atoms with E-state index in [2.05, 4.69) is 55.4 Å².